The zero-order valence-corrected chi connectivity index (χ0v) is 10.4. The Balaban J connectivity index is 2.40. The van der Waals surface area contributed by atoms with Gasteiger partial charge in [-0.05, 0) is 25.6 Å². The predicted octanol–water partition coefficient (Wildman–Crippen LogP) is 1.69. The Bertz CT molecular complexity index is 324. The van der Waals surface area contributed by atoms with E-state index in [0.29, 0.717) is 12.5 Å². The summed E-state index contributed by atoms with van der Waals surface area (Å²) >= 11 is 0. The number of likely N-dealkylation sites (N-methyl/N-ethyl adjacent to an activating group) is 1. The lowest BCUT2D eigenvalue weighted by Gasteiger charge is -2.17. The lowest BCUT2D eigenvalue weighted by molar-refractivity contribution is 0.218. The standard InChI is InChI=1S/C12H21N3O/c1-4-15(5-2)6-7-16-12-8-11(13)10(3)9-14-12/h8-9H,4-7H2,1-3H3,(H2,13,14). The number of aryl methyl sites for hydroxylation is 1. The second-order valence-corrected chi connectivity index (χ2v) is 3.75. The van der Waals surface area contributed by atoms with Gasteiger partial charge in [0, 0.05) is 24.5 Å². The maximum atomic E-state index is 5.77. The van der Waals surface area contributed by atoms with Gasteiger partial charge in [-0.25, -0.2) is 4.98 Å². The van der Waals surface area contributed by atoms with Crippen LogP contribution in [0.15, 0.2) is 12.3 Å². The Morgan fingerprint density at radius 1 is 1.38 bits per heavy atom. The molecule has 4 heteroatoms. The van der Waals surface area contributed by atoms with Crippen molar-refractivity contribution in [2.24, 2.45) is 0 Å². The van der Waals surface area contributed by atoms with Crippen LogP contribution in [0.5, 0.6) is 5.88 Å². The molecule has 0 aromatic carbocycles. The molecule has 0 unspecified atom stereocenters. The summed E-state index contributed by atoms with van der Waals surface area (Å²) in [6.45, 7) is 9.88. The van der Waals surface area contributed by atoms with Crippen molar-refractivity contribution in [3.8, 4) is 5.88 Å². The Morgan fingerprint density at radius 3 is 2.62 bits per heavy atom. The van der Waals surface area contributed by atoms with Crippen LogP contribution in [0.1, 0.15) is 19.4 Å². The van der Waals surface area contributed by atoms with Crippen LogP contribution in [-0.4, -0.2) is 36.1 Å². The molecular weight excluding hydrogens is 202 g/mol. The fourth-order valence-electron chi connectivity index (χ4n) is 1.42. The number of nitrogens with two attached hydrogens (primary N) is 1. The van der Waals surface area contributed by atoms with E-state index in [2.05, 4.69) is 23.7 Å². The van der Waals surface area contributed by atoms with E-state index >= 15 is 0 Å². The monoisotopic (exact) mass is 223 g/mol. The topological polar surface area (TPSA) is 51.4 Å². The van der Waals surface area contributed by atoms with E-state index in [9.17, 15) is 0 Å². The number of aromatic nitrogens is 1. The minimum Gasteiger partial charge on any atom is -0.476 e. The molecule has 2 N–H and O–H groups in total. The molecule has 0 atom stereocenters. The SMILES string of the molecule is CCN(CC)CCOc1cc(N)c(C)cn1. The summed E-state index contributed by atoms with van der Waals surface area (Å²) in [4.78, 5) is 6.47. The van der Waals surface area contributed by atoms with Crippen molar-refractivity contribution in [2.75, 3.05) is 32.0 Å². The third-order valence-corrected chi connectivity index (χ3v) is 2.67. The Morgan fingerprint density at radius 2 is 2.06 bits per heavy atom. The largest absolute Gasteiger partial charge is 0.476 e. The maximum Gasteiger partial charge on any atom is 0.215 e. The molecule has 90 valence electrons. The van der Waals surface area contributed by atoms with E-state index in [1.165, 1.54) is 0 Å². The molecule has 0 spiro atoms. The van der Waals surface area contributed by atoms with Gasteiger partial charge < -0.3 is 15.4 Å². The van der Waals surface area contributed by atoms with Crippen molar-refractivity contribution in [2.45, 2.75) is 20.8 Å². The minimum atomic E-state index is 0.607. The molecule has 0 aliphatic carbocycles. The maximum absolute atomic E-state index is 5.77. The van der Waals surface area contributed by atoms with Crippen LogP contribution in [0.4, 0.5) is 5.69 Å². The predicted molar refractivity (Wildman–Crippen MR) is 66.7 cm³/mol. The lowest BCUT2D eigenvalue weighted by Crippen LogP contribution is -2.28. The first-order valence-corrected chi connectivity index (χ1v) is 5.74. The highest BCUT2D eigenvalue weighted by atomic mass is 16.5. The molecule has 0 aliphatic rings. The summed E-state index contributed by atoms with van der Waals surface area (Å²) in [6, 6.07) is 1.78. The fraction of sp³-hybridized carbons (Fsp3) is 0.583. The van der Waals surface area contributed by atoms with Crippen LogP contribution < -0.4 is 10.5 Å². The molecule has 1 heterocycles. The van der Waals surface area contributed by atoms with Gasteiger partial charge in [-0.3, -0.25) is 0 Å². The number of rotatable bonds is 6. The number of hydrogen-bond donors (Lipinski definition) is 1. The van der Waals surface area contributed by atoms with Crippen LogP contribution in [0, 0.1) is 6.92 Å². The van der Waals surface area contributed by atoms with Crippen LogP contribution in [0.25, 0.3) is 0 Å². The highest BCUT2D eigenvalue weighted by Gasteiger charge is 2.01. The molecule has 0 saturated carbocycles. The van der Waals surface area contributed by atoms with E-state index in [1.54, 1.807) is 12.3 Å². The first-order chi connectivity index (χ1) is 7.67. The molecular formula is C12H21N3O. The van der Waals surface area contributed by atoms with Crippen molar-refractivity contribution in [3.63, 3.8) is 0 Å². The first-order valence-electron chi connectivity index (χ1n) is 5.74. The number of hydrogen-bond acceptors (Lipinski definition) is 4. The zero-order valence-electron chi connectivity index (χ0n) is 10.4. The average Bonchev–Trinajstić information content (AvgIpc) is 2.29. The lowest BCUT2D eigenvalue weighted by atomic mass is 10.3. The molecule has 1 rings (SSSR count). The van der Waals surface area contributed by atoms with Crippen LogP contribution >= 0.6 is 0 Å². The van der Waals surface area contributed by atoms with Crippen molar-refractivity contribution in [3.05, 3.63) is 17.8 Å². The van der Waals surface area contributed by atoms with Crippen molar-refractivity contribution >= 4 is 5.69 Å². The van der Waals surface area contributed by atoms with E-state index in [4.69, 9.17) is 10.5 Å². The minimum absolute atomic E-state index is 0.607. The molecule has 1 aromatic rings. The van der Waals surface area contributed by atoms with Crippen LogP contribution in [-0.2, 0) is 0 Å². The summed E-state index contributed by atoms with van der Waals surface area (Å²) < 4.78 is 5.54. The smallest absolute Gasteiger partial charge is 0.215 e. The molecule has 0 saturated heterocycles. The van der Waals surface area contributed by atoms with Gasteiger partial charge in [-0.1, -0.05) is 13.8 Å². The number of anilines is 1. The quantitative estimate of drug-likeness (QED) is 0.797. The third kappa shape index (κ3) is 3.70. The van der Waals surface area contributed by atoms with Crippen molar-refractivity contribution < 1.29 is 4.74 Å². The summed E-state index contributed by atoms with van der Waals surface area (Å²) in [7, 11) is 0. The molecule has 0 amide bonds. The second-order valence-electron chi connectivity index (χ2n) is 3.75. The number of pyridine rings is 1. The number of ether oxygens (including phenoxy) is 1. The van der Waals surface area contributed by atoms with Crippen LogP contribution in [0.3, 0.4) is 0 Å². The Kier molecular flexibility index (Phi) is 5.05. The van der Waals surface area contributed by atoms with E-state index < -0.39 is 0 Å². The molecule has 0 bridgehead atoms. The van der Waals surface area contributed by atoms with E-state index in [0.717, 1.165) is 30.9 Å². The summed E-state index contributed by atoms with van der Waals surface area (Å²) in [5, 5.41) is 0. The second kappa shape index (κ2) is 6.33. The average molecular weight is 223 g/mol. The molecule has 4 nitrogen and oxygen atoms in total. The van der Waals surface area contributed by atoms with E-state index in [-0.39, 0.29) is 0 Å². The number of nitrogen functional groups attached to an aromatic ring is 1. The summed E-state index contributed by atoms with van der Waals surface area (Å²) in [5.74, 6) is 0.607. The zero-order chi connectivity index (χ0) is 12.0. The first kappa shape index (κ1) is 12.8. The summed E-state index contributed by atoms with van der Waals surface area (Å²) in [5.41, 5.74) is 7.49. The normalized spacial score (nSPS) is 10.8. The van der Waals surface area contributed by atoms with Gasteiger partial charge in [-0.2, -0.15) is 0 Å². The van der Waals surface area contributed by atoms with Crippen molar-refractivity contribution in [1.82, 2.24) is 9.88 Å². The summed E-state index contributed by atoms with van der Waals surface area (Å²) in [6.07, 6.45) is 1.74. The molecule has 16 heavy (non-hydrogen) atoms. The van der Waals surface area contributed by atoms with Gasteiger partial charge in [0.25, 0.3) is 0 Å². The Hall–Kier alpha value is -1.29. The van der Waals surface area contributed by atoms with Crippen LogP contribution in [0.2, 0.25) is 0 Å². The third-order valence-electron chi connectivity index (χ3n) is 2.67. The van der Waals surface area contributed by atoms with Gasteiger partial charge in [0.15, 0.2) is 0 Å². The van der Waals surface area contributed by atoms with Gasteiger partial charge in [0.2, 0.25) is 5.88 Å². The van der Waals surface area contributed by atoms with E-state index in [1.807, 2.05) is 6.92 Å². The van der Waals surface area contributed by atoms with Crippen molar-refractivity contribution in [1.29, 1.82) is 0 Å². The van der Waals surface area contributed by atoms with Gasteiger partial charge in [-0.15, -0.1) is 0 Å². The molecule has 0 radical (unpaired) electrons. The van der Waals surface area contributed by atoms with Gasteiger partial charge in [0.1, 0.15) is 6.61 Å². The molecule has 1 aromatic heterocycles. The molecule has 0 fully saturated rings. The molecule has 0 aliphatic heterocycles. The van der Waals surface area contributed by atoms with Gasteiger partial charge >= 0.3 is 0 Å². The fourth-order valence-corrected chi connectivity index (χ4v) is 1.42. The highest BCUT2D eigenvalue weighted by Crippen LogP contribution is 2.15. The van der Waals surface area contributed by atoms with Gasteiger partial charge in [0.05, 0.1) is 0 Å². The number of nitrogens with zero attached hydrogens (tertiary/aromatic N) is 2. The highest BCUT2D eigenvalue weighted by molar-refractivity contribution is 5.47. The Labute approximate surface area is 97.4 Å².